The predicted octanol–water partition coefficient (Wildman–Crippen LogP) is 3.17. The van der Waals surface area contributed by atoms with Crippen LogP contribution >= 0.6 is 0 Å². The van der Waals surface area contributed by atoms with E-state index in [0.717, 1.165) is 6.04 Å². The van der Waals surface area contributed by atoms with E-state index < -0.39 is 0 Å². The molecule has 1 aliphatic heterocycles. The SMILES string of the molecule is CC1CNC2(CCCC2)CN1CC1(C)CCCC1. The van der Waals surface area contributed by atoms with Gasteiger partial charge in [0.15, 0.2) is 0 Å². The first kappa shape index (κ1) is 12.9. The van der Waals surface area contributed by atoms with Crippen LogP contribution < -0.4 is 5.32 Å². The van der Waals surface area contributed by atoms with Crippen molar-refractivity contribution < 1.29 is 0 Å². The molecule has 1 spiro atoms. The Balaban J connectivity index is 1.66. The van der Waals surface area contributed by atoms with Crippen LogP contribution in [0.1, 0.15) is 65.2 Å². The number of nitrogens with one attached hydrogen (secondary N) is 1. The molecule has 1 heterocycles. The van der Waals surface area contributed by atoms with Gasteiger partial charge < -0.3 is 5.32 Å². The molecule has 3 aliphatic rings. The van der Waals surface area contributed by atoms with Gasteiger partial charge in [-0.1, -0.05) is 32.6 Å². The summed E-state index contributed by atoms with van der Waals surface area (Å²) in [5, 5.41) is 3.87. The van der Waals surface area contributed by atoms with Gasteiger partial charge in [-0.3, -0.25) is 4.90 Å². The third kappa shape index (κ3) is 2.46. The molecule has 0 aromatic carbocycles. The van der Waals surface area contributed by atoms with E-state index in [1.54, 1.807) is 0 Å². The van der Waals surface area contributed by atoms with E-state index in [0.29, 0.717) is 11.0 Å². The minimum atomic E-state index is 0.488. The zero-order valence-corrected chi connectivity index (χ0v) is 12.3. The molecule has 2 saturated carbocycles. The normalized spacial score (nSPS) is 35.3. The van der Waals surface area contributed by atoms with Crippen molar-refractivity contribution in [1.29, 1.82) is 0 Å². The van der Waals surface area contributed by atoms with Crippen molar-refractivity contribution in [2.75, 3.05) is 19.6 Å². The smallest absolute Gasteiger partial charge is 0.0309 e. The maximum Gasteiger partial charge on any atom is 0.0309 e. The largest absolute Gasteiger partial charge is 0.308 e. The summed E-state index contributed by atoms with van der Waals surface area (Å²) in [6, 6.07) is 0.730. The molecule has 0 aromatic heterocycles. The quantitative estimate of drug-likeness (QED) is 0.810. The monoisotopic (exact) mass is 250 g/mol. The number of hydrogen-bond acceptors (Lipinski definition) is 2. The highest BCUT2D eigenvalue weighted by atomic mass is 15.3. The van der Waals surface area contributed by atoms with Gasteiger partial charge in [0, 0.05) is 31.2 Å². The van der Waals surface area contributed by atoms with Gasteiger partial charge in [-0.2, -0.15) is 0 Å². The van der Waals surface area contributed by atoms with Crippen LogP contribution in [0.4, 0.5) is 0 Å². The Morgan fingerprint density at radius 2 is 1.67 bits per heavy atom. The molecule has 0 aromatic rings. The third-order valence-corrected chi connectivity index (χ3v) is 5.86. The average molecular weight is 250 g/mol. The Morgan fingerprint density at radius 3 is 2.33 bits per heavy atom. The minimum absolute atomic E-state index is 0.488. The maximum atomic E-state index is 3.87. The van der Waals surface area contributed by atoms with Crippen LogP contribution in [0.2, 0.25) is 0 Å². The molecule has 0 bridgehead atoms. The van der Waals surface area contributed by atoms with Gasteiger partial charge in [0.05, 0.1) is 0 Å². The van der Waals surface area contributed by atoms with Crippen LogP contribution in [0.15, 0.2) is 0 Å². The lowest BCUT2D eigenvalue weighted by molar-refractivity contribution is 0.0521. The molecular weight excluding hydrogens is 220 g/mol. The van der Waals surface area contributed by atoms with E-state index in [9.17, 15) is 0 Å². The van der Waals surface area contributed by atoms with Crippen LogP contribution in [-0.4, -0.2) is 36.1 Å². The van der Waals surface area contributed by atoms with E-state index in [2.05, 4.69) is 24.1 Å². The van der Waals surface area contributed by atoms with E-state index in [-0.39, 0.29) is 0 Å². The van der Waals surface area contributed by atoms with Gasteiger partial charge >= 0.3 is 0 Å². The first-order chi connectivity index (χ1) is 8.61. The molecule has 1 unspecified atom stereocenters. The lowest BCUT2D eigenvalue weighted by Crippen LogP contribution is -2.63. The molecule has 3 fully saturated rings. The van der Waals surface area contributed by atoms with Gasteiger partial charge in [0.2, 0.25) is 0 Å². The Bertz CT molecular complexity index is 285. The summed E-state index contributed by atoms with van der Waals surface area (Å²) < 4.78 is 0. The van der Waals surface area contributed by atoms with E-state index in [1.165, 1.54) is 71.0 Å². The molecule has 18 heavy (non-hydrogen) atoms. The zero-order valence-electron chi connectivity index (χ0n) is 12.3. The summed E-state index contributed by atoms with van der Waals surface area (Å²) in [7, 11) is 0. The molecular formula is C16H30N2. The van der Waals surface area contributed by atoms with Crippen LogP contribution in [0.3, 0.4) is 0 Å². The number of rotatable bonds is 2. The topological polar surface area (TPSA) is 15.3 Å². The summed E-state index contributed by atoms with van der Waals surface area (Å²) in [6.45, 7) is 8.79. The Labute approximate surface area is 113 Å². The van der Waals surface area contributed by atoms with Crippen molar-refractivity contribution >= 4 is 0 Å². The maximum absolute atomic E-state index is 3.87. The van der Waals surface area contributed by atoms with E-state index >= 15 is 0 Å². The Hall–Kier alpha value is -0.0800. The fraction of sp³-hybridized carbons (Fsp3) is 1.00. The molecule has 3 rings (SSSR count). The average Bonchev–Trinajstić information content (AvgIpc) is 2.95. The highest BCUT2D eigenvalue weighted by molar-refractivity contribution is 5.01. The van der Waals surface area contributed by atoms with Crippen molar-refractivity contribution in [2.45, 2.75) is 76.8 Å². The number of piperazine rings is 1. The van der Waals surface area contributed by atoms with Crippen LogP contribution in [0, 0.1) is 5.41 Å². The summed E-state index contributed by atoms with van der Waals surface area (Å²) in [5.74, 6) is 0. The third-order valence-electron chi connectivity index (χ3n) is 5.86. The molecule has 2 heteroatoms. The molecule has 2 aliphatic carbocycles. The van der Waals surface area contributed by atoms with Crippen LogP contribution in [0.5, 0.6) is 0 Å². The van der Waals surface area contributed by atoms with E-state index in [1.807, 2.05) is 0 Å². The Morgan fingerprint density at radius 1 is 1.06 bits per heavy atom. The highest BCUT2D eigenvalue weighted by Crippen LogP contribution is 2.40. The molecule has 0 radical (unpaired) electrons. The second-order valence-corrected chi connectivity index (χ2v) is 7.64. The summed E-state index contributed by atoms with van der Waals surface area (Å²) in [5.41, 5.74) is 1.10. The number of nitrogens with zero attached hydrogens (tertiary/aromatic N) is 1. The van der Waals surface area contributed by atoms with Gasteiger partial charge in [-0.05, 0) is 38.0 Å². The van der Waals surface area contributed by atoms with Gasteiger partial charge in [-0.15, -0.1) is 0 Å². The lowest BCUT2D eigenvalue weighted by Gasteiger charge is -2.47. The van der Waals surface area contributed by atoms with Crippen molar-refractivity contribution in [3.63, 3.8) is 0 Å². The molecule has 0 amide bonds. The summed E-state index contributed by atoms with van der Waals surface area (Å²) in [6.07, 6.45) is 11.5. The van der Waals surface area contributed by atoms with Crippen LogP contribution in [-0.2, 0) is 0 Å². The predicted molar refractivity (Wildman–Crippen MR) is 76.8 cm³/mol. The second-order valence-electron chi connectivity index (χ2n) is 7.64. The zero-order chi connectivity index (χ0) is 12.6. The summed E-state index contributed by atoms with van der Waals surface area (Å²) in [4.78, 5) is 2.81. The van der Waals surface area contributed by atoms with Gasteiger partial charge in [0.1, 0.15) is 0 Å². The molecule has 1 saturated heterocycles. The van der Waals surface area contributed by atoms with Gasteiger partial charge in [-0.25, -0.2) is 0 Å². The van der Waals surface area contributed by atoms with Crippen molar-refractivity contribution in [3.8, 4) is 0 Å². The fourth-order valence-corrected chi connectivity index (χ4v) is 4.57. The molecule has 1 N–H and O–H groups in total. The second kappa shape index (κ2) is 4.79. The first-order valence-corrected chi connectivity index (χ1v) is 8.10. The van der Waals surface area contributed by atoms with Crippen molar-refractivity contribution in [1.82, 2.24) is 10.2 Å². The lowest BCUT2D eigenvalue weighted by atomic mass is 9.85. The highest BCUT2D eigenvalue weighted by Gasteiger charge is 2.42. The molecule has 2 nitrogen and oxygen atoms in total. The Kier molecular flexibility index (Phi) is 3.44. The molecule has 1 atom stereocenters. The summed E-state index contributed by atoms with van der Waals surface area (Å²) >= 11 is 0. The fourth-order valence-electron chi connectivity index (χ4n) is 4.57. The minimum Gasteiger partial charge on any atom is -0.308 e. The van der Waals surface area contributed by atoms with Crippen molar-refractivity contribution in [3.05, 3.63) is 0 Å². The van der Waals surface area contributed by atoms with Crippen molar-refractivity contribution in [2.24, 2.45) is 5.41 Å². The van der Waals surface area contributed by atoms with Crippen LogP contribution in [0.25, 0.3) is 0 Å². The first-order valence-electron chi connectivity index (χ1n) is 8.10. The van der Waals surface area contributed by atoms with E-state index in [4.69, 9.17) is 0 Å². The van der Waals surface area contributed by atoms with Gasteiger partial charge in [0.25, 0.3) is 0 Å². The number of hydrogen-bond donors (Lipinski definition) is 1. The molecule has 104 valence electrons. The standard InChI is InChI=1S/C16H30N2/c1-14-11-17-16(9-5-6-10-16)13-18(14)12-15(2)7-3-4-8-15/h14,17H,3-13H2,1-2H3.